The molecule has 116 valence electrons. The van der Waals surface area contributed by atoms with E-state index in [0.717, 1.165) is 0 Å². The van der Waals surface area contributed by atoms with Crippen molar-refractivity contribution in [2.24, 2.45) is 0 Å². The van der Waals surface area contributed by atoms with E-state index in [9.17, 15) is 14.7 Å². The highest BCUT2D eigenvalue weighted by molar-refractivity contribution is 6.42. The molecule has 1 rings (SSSR count). The Morgan fingerprint density at radius 3 is 2.43 bits per heavy atom. The molecule has 21 heavy (non-hydrogen) atoms. The van der Waals surface area contributed by atoms with E-state index < -0.39 is 23.5 Å². The molecule has 7 heteroatoms. The van der Waals surface area contributed by atoms with Gasteiger partial charge in [-0.25, -0.2) is 4.79 Å². The third-order valence-electron chi connectivity index (χ3n) is 3.25. The zero-order chi connectivity index (χ0) is 16.2. The number of halogens is 2. The molecule has 0 bridgehead atoms. The number of aliphatic carboxylic acids is 1. The first kappa shape index (κ1) is 17.8. The normalized spacial score (nSPS) is 15.1. The van der Waals surface area contributed by atoms with Gasteiger partial charge in [0.2, 0.25) is 5.91 Å². The lowest BCUT2D eigenvalue weighted by Crippen LogP contribution is -2.52. The van der Waals surface area contributed by atoms with Crippen molar-refractivity contribution in [3.8, 4) is 0 Å². The number of benzene rings is 1. The molecule has 0 spiro atoms. The van der Waals surface area contributed by atoms with Crippen molar-refractivity contribution in [3.63, 3.8) is 0 Å². The van der Waals surface area contributed by atoms with Gasteiger partial charge < -0.3 is 15.2 Å². The topological polar surface area (TPSA) is 75.6 Å². The van der Waals surface area contributed by atoms with Gasteiger partial charge in [-0.3, -0.25) is 4.79 Å². The van der Waals surface area contributed by atoms with Gasteiger partial charge in [0.05, 0.1) is 10.0 Å². The van der Waals surface area contributed by atoms with E-state index in [-0.39, 0.29) is 5.02 Å². The fourth-order valence-corrected chi connectivity index (χ4v) is 2.14. The second-order valence-corrected chi connectivity index (χ2v) is 5.50. The first-order chi connectivity index (χ1) is 9.76. The van der Waals surface area contributed by atoms with Crippen LogP contribution in [0.15, 0.2) is 18.2 Å². The molecular formula is C14H17Cl2NO4. The fourth-order valence-electron chi connectivity index (χ4n) is 1.84. The minimum absolute atomic E-state index is 0.217. The number of methoxy groups -OCH3 is 1. The molecule has 1 amide bonds. The van der Waals surface area contributed by atoms with Gasteiger partial charge in [0.1, 0.15) is 6.10 Å². The highest BCUT2D eigenvalue weighted by Gasteiger charge is 2.38. The quantitative estimate of drug-likeness (QED) is 0.839. The standard InChI is InChI=1S/C14H17Cl2NO4/c1-4-11(21-3)12(18)17-14(2,13(19)20)8-5-6-9(15)10(16)7-8/h5-7,11H,4H2,1-3H3,(H,17,18)(H,19,20). The second kappa shape index (κ2) is 7.11. The van der Waals surface area contributed by atoms with Crippen LogP contribution < -0.4 is 5.32 Å². The van der Waals surface area contributed by atoms with Crippen molar-refractivity contribution < 1.29 is 19.4 Å². The van der Waals surface area contributed by atoms with Gasteiger partial charge >= 0.3 is 5.97 Å². The molecule has 0 radical (unpaired) electrons. The summed E-state index contributed by atoms with van der Waals surface area (Å²) < 4.78 is 5.01. The highest BCUT2D eigenvalue weighted by Crippen LogP contribution is 2.29. The zero-order valence-electron chi connectivity index (χ0n) is 11.9. The number of nitrogens with one attached hydrogen (secondary N) is 1. The second-order valence-electron chi connectivity index (χ2n) is 4.68. The predicted octanol–water partition coefficient (Wildman–Crippen LogP) is 2.83. The van der Waals surface area contributed by atoms with Gasteiger partial charge in [-0.15, -0.1) is 0 Å². The molecule has 2 atom stereocenters. The van der Waals surface area contributed by atoms with Crippen molar-refractivity contribution in [3.05, 3.63) is 33.8 Å². The Bertz CT molecular complexity index is 546. The van der Waals surface area contributed by atoms with E-state index in [2.05, 4.69) is 5.32 Å². The first-order valence-corrected chi connectivity index (χ1v) is 7.05. The van der Waals surface area contributed by atoms with Crippen LogP contribution in [0.4, 0.5) is 0 Å². The summed E-state index contributed by atoms with van der Waals surface area (Å²) in [6.45, 7) is 3.15. The Hall–Kier alpha value is -1.30. The lowest BCUT2D eigenvalue weighted by Gasteiger charge is -2.28. The summed E-state index contributed by atoms with van der Waals surface area (Å²) in [7, 11) is 1.39. The maximum atomic E-state index is 12.1. The van der Waals surface area contributed by atoms with E-state index in [1.54, 1.807) is 6.92 Å². The van der Waals surface area contributed by atoms with Crippen LogP contribution in [-0.4, -0.2) is 30.2 Å². The summed E-state index contributed by atoms with van der Waals surface area (Å²) >= 11 is 11.7. The van der Waals surface area contributed by atoms with E-state index in [1.165, 1.54) is 32.2 Å². The van der Waals surface area contributed by atoms with Crippen molar-refractivity contribution in [1.82, 2.24) is 5.32 Å². The van der Waals surface area contributed by atoms with Crippen molar-refractivity contribution in [1.29, 1.82) is 0 Å². The molecule has 0 saturated heterocycles. The fraction of sp³-hybridized carbons (Fsp3) is 0.429. The molecular weight excluding hydrogens is 317 g/mol. The van der Waals surface area contributed by atoms with Crippen LogP contribution in [0.2, 0.25) is 10.0 Å². The number of ether oxygens (including phenoxy) is 1. The average molecular weight is 334 g/mol. The van der Waals surface area contributed by atoms with Crippen molar-refractivity contribution >= 4 is 35.1 Å². The van der Waals surface area contributed by atoms with E-state index in [1.807, 2.05) is 0 Å². The molecule has 0 aliphatic heterocycles. The highest BCUT2D eigenvalue weighted by atomic mass is 35.5. The van der Waals surface area contributed by atoms with Gasteiger partial charge in [-0.2, -0.15) is 0 Å². The monoisotopic (exact) mass is 333 g/mol. The van der Waals surface area contributed by atoms with E-state index in [4.69, 9.17) is 27.9 Å². The molecule has 1 aromatic rings. The van der Waals surface area contributed by atoms with Gasteiger partial charge in [-0.05, 0) is 31.0 Å². The molecule has 2 N–H and O–H groups in total. The molecule has 5 nitrogen and oxygen atoms in total. The first-order valence-electron chi connectivity index (χ1n) is 6.30. The number of hydrogen-bond donors (Lipinski definition) is 2. The van der Waals surface area contributed by atoms with Crippen molar-refractivity contribution in [2.75, 3.05) is 7.11 Å². The minimum Gasteiger partial charge on any atom is -0.479 e. The van der Waals surface area contributed by atoms with Gasteiger partial charge in [-0.1, -0.05) is 36.2 Å². The SMILES string of the molecule is CCC(OC)C(=O)NC(C)(C(=O)O)c1ccc(Cl)c(Cl)c1. The molecule has 0 aliphatic rings. The van der Waals surface area contributed by atoms with Crippen LogP contribution in [0, 0.1) is 0 Å². The van der Waals surface area contributed by atoms with Crippen LogP contribution in [-0.2, 0) is 19.9 Å². The maximum Gasteiger partial charge on any atom is 0.333 e. The number of carbonyl (C=O) groups is 2. The van der Waals surface area contributed by atoms with Crippen LogP contribution >= 0.6 is 23.2 Å². The average Bonchev–Trinajstić information content (AvgIpc) is 2.42. The number of carboxylic acids is 1. The molecule has 0 saturated carbocycles. The summed E-state index contributed by atoms with van der Waals surface area (Å²) in [4.78, 5) is 23.7. The van der Waals surface area contributed by atoms with E-state index in [0.29, 0.717) is 17.0 Å². The van der Waals surface area contributed by atoms with Crippen LogP contribution in [0.3, 0.4) is 0 Å². The van der Waals surface area contributed by atoms with Crippen LogP contribution in [0.25, 0.3) is 0 Å². The van der Waals surface area contributed by atoms with Gasteiger partial charge in [0.15, 0.2) is 5.54 Å². The maximum absolute atomic E-state index is 12.1. The molecule has 0 aliphatic carbocycles. The number of carbonyl (C=O) groups excluding carboxylic acids is 1. The zero-order valence-corrected chi connectivity index (χ0v) is 13.5. The predicted molar refractivity (Wildman–Crippen MR) is 80.7 cm³/mol. The number of rotatable bonds is 6. The van der Waals surface area contributed by atoms with Crippen LogP contribution in [0.5, 0.6) is 0 Å². The lowest BCUT2D eigenvalue weighted by atomic mass is 9.91. The molecule has 2 unspecified atom stereocenters. The Morgan fingerprint density at radius 1 is 1.38 bits per heavy atom. The molecule has 0 aromatic heterocycles. The Labute approximate surface area is 133 Å². The van der Waals surface area contributed by atoms with Gasteiger partial charge in [0.25, 0.3) is 0 Å². The number of hydrogen-bond acceptors (Lipinski definition) is 3. The summed E-state index contributed by atoms with van der Waals surface area (Å²) in [5.74, 6) is -1.71. The van der Waals surface area contributed by atoms with Crippen LogP contribution in [0.1, 0.15) is 25.8 Å². The third-order valence-corrected chi connectivity index (χ3v) is 3.98. The summed E-state index contributed by atoms with van der Waals surface area (Å²) in [5.41, 5.74) is -1.30. The smallest absolute Gasteiger partial charge is 0.333 e. The lowest BCUT2D eigenvalue weighted by molar-refractivity contribution is -0.149. The number of amides is 1. The summed E-state index contributed by atoms with van der Waals surface area (Å²) in [6.07, 6.45) is -0.286. The molecule has 0 heterocycles. The van der Waals surface area contributed by atoms with Gasteiger partial charge in [0, 0.05) is 7.11 Å². The molecule has 1 aromatic carbocycles. The van der Waals surface area contributed by atoms with Crippen molar-refractivity contribution in [2.45, 2.75) is 31.9 Å². The minimum atomic E-state index is -1.63. The summed E-state index contributed by atoms with van der Waals surface area (Å²) in [6, 6.07) is 4.42. The Morgan fingerprint density at radius 2 is 2.00 bits per heavy atom. The Kier molecular flexibility index (Phi) is 6.01. The van der Waals surface area contributed by atoms with E-state index >= 15 is 0 Å². The number of carboxylic acid groups (broad SMARTS) is 1. The molecule has 0 fully saturated rings. The Balaban J connectivity index is 3.17. The third kappa shape index (κ3) is 3.87. The largest absolute Gasteiger partial charge is 0.479 e. The summed E-state index contributed by atoms with van der Waals surface area (Å²) in [5, 5.41) is 12.5.